The lowest BCUT2D eigenvalue weighted by atomic mass is 9.42. The van der Waals surface area contributed by atoms with E-state index in [2.05, 4.69) is 19.2 Å². The van der Waals surface area contributed by atoms with Crippen LogP contribution >= 0.6 is 0 Å². The maximum atomic E-state index is 13.2. The number of hydrogen-bond donors (Lipinski definition) is 1. The van der Waals surface area contributed by atoms with E-state index >= 15 is 0 Å². The molecule has 7 atom stereocenters. The molecule has 4 aliphatic carbocycles. The van der Waals surface area contributed by atoms with E-state index in [0.29, 0.717) is 54.6 Å². The molecule has 0 saturated heterocycles. The molecule has 0 aromatic heterocycles. The van der Waals surface area contributed by atoms with Gasteiger partial charge in [-0.05, 0) is 61.2 Å². The Hall–Kier alpha value is -1.19. The summed E-state index contributed by atoms with van der Waals surface area (Å²) in [6.07, 6.45) is 7.62. The summed E-state index contributed by atoms with van der Waals surface area (Å²) in [5.41, 5.74) is -0.208. The van der Waals surface area contributed by atoms with Crippen molar-refractivity contribution in [3.05, 3.63) is 0 Å². The average molecular weight is 360 g/mol. The van der Waals surface area contributed by atoms with E-state index in [0.717, 1.165) is 38.5 Å². The van der Waals surface area contributed by atoms with Crippen LogP contribution in [0.3, 0.4) is 0 Å². The molecule has 2 unspecified atom stereocenters. The molecular formula is C22H33NO3. The Morgan fingerprint density at radius 2 is 1.88 bits per heavy atom. The Balaban J connectivity index is 1.68. The molecule has 4 fully saturated rings. The minimum Gasteiger partial charge on any atom is -0.356 e. The third-order valence-corrected chi connectivity index (χ3v) is 9.04. The summed E-state index contributed by atoms with van der Waals surface area (Å²) in [6, 6.07) is 0. The molecule has 26 heavy (non-hydrogen) atoms. The van der Waals surface area contributed by atoms with E-state index in [1.807, 2.05) is 0 Å². The molecule has 1 amide bonds. The van der Waals surface area contributed by atoms with Crippen LogP contribution in [0.15, 0.2) is 0 Å². The van der Waals surface area contributed by atoms with Gasteiger partial charge in [0.15, 0.2) is 0 Å². The first-order chi connectivity index (χ1) is 12.3. The third kappa shape index (κ3) is 2.43. The molecule has 1 N–H and O–H groups in total. The van der Waals surface area contributed by atoms with Gasteiger partial charge in [0.2, 0.25) is 5.91 Å². The van der Waals surface area contributed by atoms with Crippen LogP contribution < -0.4 is 5.32 Å². The maximum Gasteiger partial charge on any atom is 0.216 e. The van der Waals surface area contributed by atoms with E-state index in [4.69, 9.17) is 0 Å². The van der Waals surface area contributed by atoms with Crippen molar-refractivity contribution in [3.63, 3.8) is 0 Å². The Morgan fingerprint density at radius 3 is 2.62 bits per heavy atom. The highest BCUT2D eigenvalue weighted by atomic mass is 16.1. The van der Waals surface area contributed by atoms with Crippen LogP contribution in [0.5, 0.6) is 0 Å². The van der Waals surface area contributed by atoms with Crippen molar-refractivity contribution < 1.29 is 14.4 Å². The van der Waals surface area contributed by atoms with Crippen LogP contribution in [0.2, 0.25) is 0 Å². The zero-order chi connectivity index (χ0) is 18.7. The van der Waals surface area contributed by atoms with E-state index in [1.165, 1.54) is 0 Å². The van der Waals surface area contributed by atoms with Crippen molar-refractivity contribution in [2.24, 2.45) is 40.4 Å². The quantitative estimate of drug-likeness (QED) is 0.820. The van der Waals surface area contributed by atoms with E-state index in [1.54, 1.807) is 6.92 Å². The van der Waals surface area contributed by atoms with Crippen LogP contribution in [-0.4, -0.2) is 24.0 Å². The van der Waals surface area contributed by atoms with Gasteiger partial charge in [-0.15, -0.1) is 0 Å². The van der Waals surface area contributed by atoms with Gasteiger partial charge >= 0.3 is 0 Å². The number of hydrogen-bond acceptors (Lipinski definition) is 3. The molecule has 0 spiro atoms. The second kappa shape index (κ2) is 6.17. The lowest BCUT2D eigenvalue weighted by Crippen LogP contribution is -2.60. The Labute approximate surface area is 156 Å². The van der Waals surface area contributed by atoms with Gasteiger partial charge in [0.25, 0.3) is 0 Å². The highest BCUT2D eigenvalue weighted by Gasteiger charge is 2.63. The largest absolute Gasteiger partial charge is 0.356 e. The number of Topliss-reactive ketones (excluding diaryl/α,β-unsaturated/α-hetero) is 2. The van der Waals surface area contributed by atoms with Crippen LogP contribution in [0.4, 0.5) is 0 Å². The normalized spacial score (nSPS) is 47.7. The van der Waals surface area contributed by atoms with Crippen LogP contribution in [-0.2, 0) is 14.4 Å². The third-order valence-electron chi connectivity index (χ3n) is 9.04. The fourth-order valence-electron chi connectivity index (χ4n) is 7.62. The fourth-order valence-corrected chi connectivity index (χ4v) is 7.62. The highest BCUT2D eigenvalue weighted by molar-refractivity contribution is 5.88. The summed E-state index contributed by atoms with van der Waals surface area (Å²) >= 11 is 0. The fraction of sp³-hybridized carbons (Fsp3) is 0.864. The summed E-state index contributed by atoms with van der Waals surface area (Å²) < 4.78 is 0. The Morgan fingerprint density at radius 1 is 1.12 bits per heavy atom. The zero-order valence-corrected chi connectivity index (χ0v) is 16.5. The molecule has 4 rings (SSSR count). The summed E-state index contributed by atoms with van der Waals surface area (Å²) in [4.78, 5) is 37.2. The van der Waals surface area contributed by atoms with Crippen molar-refractivity contribution in [3.8, 4) is 0 Å². The lowest BCUT2D eigenvalue weighted by molar-refractivity contribution is -0.164. The minimum absolute atomic E-state index is 0.0202. The van der Waals surface area contributed by atoms with Crippen molar-refractivity contribution in [2.45, 2.75) is 72.1 Å². The van der Waals surface area contributed by atoms with Crippen molar-refractivity contribution in [1.82, 2.24) is 5.32 Å². The number of nitrogens with one attached hydrogen (secondary N) is 1. The predicted octanol–water partition coefficient (Wildman–Crippen LogP) is 3.53. The summed E-state index contributed by atoms with van der Waals surface area (Å²) in [5.74, 6) is 2.69. The highest BCUT2D eigenvalue weighted by Crippen LogP contribution is 2.65. The standard InChI is InChI=1S/C22H33NO3/c1-13(24)23-12-14-5-4-6-18-19(25)11-15-16-7-8-20(26)21(16,2)10-9-17(15)22(14,18)3/h14-18H,4-12H2,1-3H3,(H,23,24)/t14?,15-,16-,17-,18?,21-,22+/m0/s1. The second-order valence-corrected chi connectivity index (χ2v) is 9.95. The number of rotatable bonds is 2. The van der Waals surface area contributed by atoms with Crippen LogP contribution in [0.1, 0.15) is 72.1 Å². The number of carbonyl (C=O) groups excluding carboxylic acids is 3. The van der Waals surface area contributed by atoms with Gasteiger partial charge in [0.1, 0.15) is 11.6 Å². The monoisotopic (exact) mass is 359 g/mol. The molecule has 144 valence electrons. The molecule has 0 aromatic rings. The first-order valence-electron chi connectivity index (χ1n) is 10.6. The maximum absolute atomic E-state index is 13.2. The minimum atomic E-state index is -0.188. The van der Waals surface area contributed by atoms with Gasteiger partial charge in [-0.25, -0.2) is 0 Å². The van der Waals surface area contributed by atoms with Gasteiger partial charge in [0, 0.05) is 37.6 Å². The summed E-state index contributed by atoms with van der Waals surface area (Å²) in [6.45, 7) is 6.78. The van der Waals surface area contributed by atoms with Gasteiger partial charge < -0.3 is 5.32 Å². The molecule has 0 radical (unpaired) electrons. The molecule has 4 heteroatoms. The molecule has 4 aliphatic rings. The van der Waals surface area contributed by atoms with Crippen LogP contribution in [0, 0.1) is 40.4 Å². The molecule has 0 aliphatic heterocycles. The van der Waals surface area contributed by atoms with Crippen LogP contribution in [0.25, 0.3) is 0 Å². The first-order valence-corrected chi connectivity index (χ1v) is 10.6. The van der Waals surface area contributed by atoms with E-state index in [-0.39, 0.29) is 22.7 Å². The summed E-state index contributed by atoms with van der Waals surface area (Å²) in [5, 5.41) is 3.04. The smallest absolute Gasteiger partial charge is 0.216 e. The zero-order valence-electron chi connectivity index (χ0n) is 16.5. The molecular weight excluding hydrogens is 326 g/mol. The molecule has 0 aromatic carbocycles. The van der Waals surface area contributed by atoms with Gasteiger partial charge in [0.05, 0.1) is 0 Å². The first kappa shape index (κ1) is 18.2. The van der Waals surface area contributed by atoms with Crippen molar-refractivity contribution >= 4 is 17.5 Å². The van der Waals surface area contributed by atoms with Gasteiger partial charge in [-0.2, -0.15) is 0 Å². The van der Waals surface area contributed by atoms with E-state index < -0.39 is 0 Å². The van der Waals surface area contributed by atoms with Gasteiger partial charge in [-0.1, -0.05) is 20.3 Å². The molecule has 4 saturated carbocycles. The lowest BCUT2D eigenvalue weighted by Gasteiger charge is -2.61. The van der Waals surface area contributed by atoms with Crippen molar-refractivity contribution in [1.29, 1.82) is 0 Å². The van der Waals surface area contributed by atoms with E-state index in [9.17, 15) is 14.4 Å². The molecule has 0 bridgehead atoms. The topological polar surface area (TPSA) is 63.2 Å². The SMILES string of the molecule is CC(=O)NCC1CCCC2C(=O)C[C@@H]3[C@H](CC[C@]4(C)C(=O)CC[C@@H]34)[C@@]12C. The summed E-state index contributed by atoms with van der Waals surface area (Å²) in [7, 11) is 0. The Kier molecular flexibility index (Phi) is 4.32. The number of carbonyl (C=O) groups is 3. The molecule has 4 nitrogen and oxygen atoms in total. The number of ketones is 2. The number of fused-ring (bicyclic) bond motifs is 5. The molecule has 0 heterocycles. The predicted molar refractivity (Wildman–Crippen MR) is 99.3 cm³/mol. The van der Waals surface area contributed by atoms with Gasteiger partial charge in [-0.3, -0.25) is 14.4 Å². The number of amides is 1. The average Bonchev–Trinajstić information content (AvgIpc) is 2.89. The van der Waals surface area contributed by atoms with Crippen molar-refractivity contribution in [2.75, 3.05) is 6.54 Å². The Bertz CT molecular complexity index is 643. The second-order valence-electron chi connectivity index (χ2n) is 9.95.